The number of halogens is 2. The number of nitrogens with zero attached hydrogens (tertiary/aromatic N) is 1. The third kappa shape index (κ3) is 4.44. The van der Waals surface area contributed by atoms with Crippen LogP contribution in [0.3, 0.4) is 0 Å². The van der Waals surface area contributed by atoms with E-state index in [2.05, 4.69) is 0 Å². The molecule has 1 aromatic heterocycles. The zero-order chi connectivity index (χ0) is 15.4. The Balaban J connectivity index is 1.95. The summed E-state index contributed by atoms with van der Waals surface area (Å²) in [5.41, 5.74) is 0. The Bertz CT molecular complexity index is 632. The highest BCUT2D eigenvalue weighted by atomic mass is 35.5. The van der Waals surface area contributed by atoms with Gasteiger partial charge in [0, 0.05) is 18.0 Å². The van der Waals surface area contributed by atoms with E-state index in [4.69, 9.17) is 16.3 Å². The largest absolute Gasteiger partial charge is 0.481 e. The third-order valence-electron chi connectivity index (χ3n) is 2.85. The molecule has 112 valence electrons. The number of thiophene rings is 1. The molecule has 2 rings (SSSR count). The molecule has 1 aromatic carbocycles. The second-order valence-electron chi connectivity index (χ2n) is 4.62. The summed E-state index contributed by atoms with van der Waals surface area (Å²) in [6.07, 6.45) is -0.688. The monoisotopic (exact) mass is 327 g/mol. The molecule has 0 bridgehead atoms. The van der Waals surface area contributed by atoms with Crippen molar-refractivity contribution in [2.45, 2.75) is 19.6 Å². The van der Waals surface area contributed by atoms with Crippen LogP contribution in [0.2, 0.25) is 4.34 Å². The minimum absolute atomic E-state index is 0.177. The molecule has 0 spiro atoms. The van der Waals surface area contributed by atoms with Crippen LogP contribution in [0.15, 0.2) is 36.4 Å². The minimum Gasteiger partial charge on any atom is -0.481 e. The topological polar surface area (TPSA) is 29.5 Å². The Morgan fingerprint density at radius 2 is 2.19 bits per heavy atom. The maximum Gasteiger partial charge on any atom is 0.263 e. The van der Waals surface area contributed by atoms with Gasteiger partial charge in [-0.05, 0) is 31.2 Å². The first-order valence-electron chi connectivity index (χ1n) is 6.37. The van der Waals surface area contributed by atoms with E-state index < -0.39 is 11.9 Å². The molecule has 2 aromatic rings. The van der Waals surface area contributed by atoms with Crippen LogP contribution in [0.4, 0.5) is 4.39 Å². The first-order chi connectivity index (χ1) is 9.95. The molecule has 0 N–H and O–H groups in total. The van der Waals surface area contributed by atoms with Crippen LogP contribution in [0, 0.1) is 5.82 Å². The van der Waals surface area contributed by atoms with Gasteiger partial charge < -0.3 is 9.64 Å². The minimum atomic E-state index is -0.688. The summed E-state index contributed by atoms with van der Waals surface area (Å²) in [5, 5.41) is 0. The van der Waals surface area contributed by atoms with Crippen LogP contribution in [0.5, 0.6) is 5.75 Å². The third-order valence-corrected chi connectivity index (χ3v) is 4.07. The van der Waals surface area contributed by atoms with Gasteiger partial charge in [0.25, 0.3) is 5.91 Å². The molecule has 0 aliphatic carbocycles. The van der Waals surface area contributed by atoms with E-state index in [1.54, 1.807) is 37.1 Å². The number of benzene rings is 1. The first kappa shape index (κ1) is 15.8. The van der Waals surface area contributed by atoms with Gasteiger partial charge in [-0.15, -0.1) is 11.3 Å². The number of carbonyl (C=O) groups excluding carboxylic acids is 1. The highest BCUT2D eigenvalue weighted by molar-refractivity contribution is 7.16. The van der Waals surface area contributed by atoms with Gasteiger partial charge in [-0.2, -0.15) is 0 Å². The first-order valence-corrected chi connectivity index (χ1v) is 7.56. The summed E-state index contributed by atoms with van der Waals surface area (Å²) in [4.78, 5) is 14.8. The lowest BCUT2D eigenvalue weighted by Gasteiger charge is -2.21. The smallest absolute Gasteiger partial charge is 0.263 e. The molecular formula is C15H15ClFNO2S. The summed E-state index contributed by atoms with van der Waals surface area (Å²) in [6.45, 7) is 2.11. The van der Waals surface area contributed by atoms with Crippen LogP contribution in [-0.4, -0.2) is 24.0 Å². The molecule has 0 aliphatic heterocycles. The number of likely N-dealkylation sites (N-methyl/N-ethyl adjacent to an activating group) is 1. The molecule has 21 heavy (non-hydrogen) atoms. The van der Waals surface area contributed by atoms with E-state index in [0.29, 0.717) is 16.6 Å². The van der Waals surface area contributed by atoms with Gasteiger partial charge in [0.2, 0.25) is 0 Å². The Labute approximate surface area is 131 Å². The highest BCUT2D eigenvalue weighted by Gasteiger charge is 2.20. The van der Waals surface area contributed by atoms with Crippen molar-refractivity contribution in [2.75, 3.05) is 7.05 Å². The van der Waals surface area contributed by atoms with Gasteiger partial charge in [0.15, 0.2) is 6.10 Å². The maximum atomic E-state index is 13.1. The predicted molar refractivity (Wildman–Crippen MR) is 82.3 cm³/mol. The fourth-order valence-corrected chi connectivity index (χ4v) is 2.99. The second kappa shape index (κ2) is 6.91. The Morgan fingerprint density at radius 3 is 2.81 bits per heavy atom. The summed E-state index contributed by atoms with van der Waals surface area (Å²) in [5.74, 6) is -0.235. The van der Waals surface area contributed by atoms with Gasteiger partial charge in [0.05, 0.1) is 10.9 Å². The highest BCUT2D eigenvalue weighted by Crippen LogP contribution is 2.22. The lowest BCUT2D eigenvalue weighted by molar-refractivity contribution is -0.137. The fourth-order valence-electron chi connectivity index (χ4n) is 1.85. The number of amides is 1. The van der Waals surface area contributed by atoms with Gasteiger partial charge in [-0.25, -0.2) is 4.39 Å². The van der Waals surface area contributed by atoms with Crippen molar-refractivity contribution < 1.29 is 13.9 Å². The molecule has 6 heteroatoms. The van der Waals surface area contributed by atoms with Crippen LogP contribution in [0.1, 0.15) is 11.8 Å². The van der Waals surface area contributed by atoms with Gasteiger partial charge in [0.1, 0.15) is 11.6 Å². The van der Waals surface area contributed by atoms with Crippen molar-refractivity contribution in [3.63, 3.8) is 0 Å². The Hall–Kier alpha value is -1.59. The number of ether oxygens (including phenoxy) is 1. The average Bonchev–Trinajstić information content (AvgIpc) is 2.83. The van der Waals surface area contributed by atoms with Crippen LogP contribution >= 0.6 is 22.9 Å². The molecule has 1 amide bonds. The fraction of sp³-hybridized carbons (Fsp3) is 0.267. The van der Waals surface area contributed by atoms with E-state index in [1.165, 1.54) is 23.5 Å². The van der Waals surface area contributed by atoms with E-state index in [1.807, 2.05) is 6.07 Å². The number of hydrogen-bond donors (Lipinski definition) is 0. The van der Waals surface area contributed by atoms with Crippen LogP contribution < -0.4 is 4.74 Å². The van der Waals surface area contributed by atoms with Crippen molar-refractivity contribution in [3.8, 4) is 5.75 Å². The molecular weight excluding hydrogens is 313 g/mol. The number of hydrogen-bond acceptors (Lipinski definition) is 3. The number of rotatable bonds is 5. The zero-order valence-electron chi connectivity index (χ0n) is 11.7. The van der Waals surface area contributed by atoms with Gasteiger partial charge in [-0.1, -0.05) is 17.7 Å². The maximum absolute atomic E-state index is 13.1. The molecule has 0 saturated carbocycles. The average molecular weight is 328 g/mol. The lowest BCUT2D eigenvalue weighted by atomic mass is 10.3. The Morgan fingerprint density at radius 1 is 1.43 bits per heavy atom. The lowest BCUT2D eigenvalue weighted by Crippen LogP contribution is -2.37. The van der Waals surface area contributed by atoms with Gasteiger partial charge >= 0.3 is 0 Å². The SMILES string of the molecule is CC(Oc1cccc(F)c1)C(=O)N(C)Cc1ccc(Cl)s1. The number of carbonyl (C=O) groups is 1. The van der Waals surface area contributed by atoms with Crippen LogP contribution in [-0.2, 0) is 11.3 Å². The molecule has 0 radical (unpaired) electrons. The predicted octanol–water partition coefficient (Wildman–Crippen LogP) is 3.97. The molecule has 1 atom stereocenters. The zero-order valence-corrected chi connectivity index (χ0v) is 13.2. The van der Waals surface area contributed by atoms with E-state index in [-0.39, 0.29) is 5.91 Å². The van der Waals surface area contributed by atoms with E-state index in [0.717, 1.165) is 4.88 Å². The molecule has 0 aliphatic rings. The molecule has 3 nitrogen and oxygen atoms in total. The molecule has 1 heterocycles. The van der Waals surface area contributed by atoms with Gasteiger partial charge in [-0.3, -0.25) is 4.79 Å². The normalized spacial score (nSPS) is 12.0. The molecule has 0 fully saturated rings. The van der Waals surface area contributed by atoms with Crippen molar-refractivity contribution in [1.82, 2.24) is 4.90 Å². The van der Waals surface area contributed by atoms with Crippen LogP contribution in [0.25, 0.3) is 0 Å². The van der Waals surface area contributed by atoms with Crippen molar-refractivity contribution in [3.05, 3.63) is 51.4 Å². The molecule has 1 unspecified atom stereocenters. The van der Waals surface area contributed by atoms with E-state index in [9.17, 15) is 9.18 Å². The summed E-state index contributed by atoms with van der Waals surface area (Å²) in [7, 11) is 1.70. The Kier molecular flexibility index (Phi) is 5.20. The van der Waals surface area contributed by atoms with Crippen molar-refractivity contribution in [1.29, 1.82) is 0 Å². The quantitative estimate of drug-likeness (QED) is 0.831. The van der Waals surface area contributed by atoms with Crippen molar-refractivity contribution >= 4 is 28.8 Å². The van der Waals surface area contributed by atoms with Crippen molar-refractivity contribution in [2.24, 2.45) is 0 Å². The summed E-state index contributed by atoms with van der Waals surface area (Å²) < 4.78 is 19.2. The van der Waals surface area contributed by atoms with E-state index >= 15 is 0 Å². The second-order valence-corrected chi connectivity index (χ2v) is 6.42. The molecule has 0 saturated heterocycles. The summed E-state index contributed by atoms with van der Waals surface area (Å²) in [6, 6.07) is 9.42. The standard InChI is InChI=1S/C15H15ClFNO2S/c1-10(20-12-5-3-4-11(17)8-12)15(19)18(2)9-13-6-7-14(16)21-13/h3-8,10H,9H2,1-2H3. The summed E-state index contributed by atoms with van der Waals surface area (Å²) >= 11 is 7.30.